The molecule has 0 saturated heterocycles. The molecule has 2 aromatic heterocycles. The van der Waals surface area contributed by atoms with Crippen LogP contribution in [0, 0.1) is 0 Å². The highest BCUT2D eigenvalue weighted by Crippen LogP contribution is 2.31. The minimum absolute atomic E-state index is 0.0701. The van der Waals surface area contributed by atoms with Crippen LogP contribution in [0.1, 0.15) is 33.3 Å². The van der Waals surface area contributed by atoms with Gasteiger partial charge in [0.25, 0.3) is 10.0 Å². The predicted molar refractivity (Wildman–Crippen MR) is 136 cm³/mol. The molecule has 0 aliphatic carbocycles. The summed E-state index contributed by atoms with van der Waals surface area (Å²) in [4.78, 5) is 24.6. The summed E-state index contributed by atoms with van der Waals surface area (Å²) in [7, 11) is -2.39. The molecule has 34 heavy (non-hydrogen) atoms. The smallest absolute Gasteiger partial charge is 0.266 e. The average molecular weight is 496 g/mol. The molecule has 0 aliphatic rings. The average Bonchev–Trinajstić information content (AvgIpc) is 3.18. The Bertz CT molecular complexity index is 1470. The molecule has 1 amide bonds. The standard InChI is InChI=1S/C24H25N5O3S2/c1-15(30)26-23-28-20-11-6-16(14-21(20)33-23)19-12-13-25-22(27-19)29(5)34(31,32)18-9-7-17(8-10-18)24(2,3)4/h6-14H,1-5H3,(H,26,28,30). The molecule has 0 spiro atoms. The molecular formula is C24H25N5O3S2. The summed E-state index contributed by atoms with van der Waals surface area (Å²) in [5.74, 6) is -0.113. The first-order chi connectivity index (χ1) is 15.9. The van der Waals surface area contributed by atoms with E-state index in [1.54, 1.807) is 18.2 Å². The number of amides is 1. The quantitative estimate of drug-likeness (QED) is 0.425. The van der Waals surface area contributed by atoms with Gasteiger partial charge in [0.05, 0.1) is 20.8 Å². The Balaban J connectivity index is 1.64. The summed E-state index contributed by atoms with van der Waals surface area (Å²) in [6.07, 6.45) is 1.53. The lowest BCUT2D eigenvalue weighted by molar-refractivity contribution is -0.114. The normalized spacial score (nSPS) is 12.0. The zero-order valence-electron chi connectivity index (χ0n) is 19.5. The molecular weight excluding hydrogens is 470 g/mol. The molecule has 0 radical (unpaired) electrons. The third kappa shape index (κ3) is 4.78. The minimum Gasteiger partial charge on any atom is -0.302 e. The van der Waals surface area contributed by atoms with E-state index >= 15 is 0 Å². The molecule has 176 valence electrons. The number of fused-ring (bicyclic) bond motifs is 1. The Morgan fingerprint density at radius 2 is 1.74 bits per heavy atom. The zero-order valence-corrected chi connectivity index (χ0v) is 21.2. The summed E-state index contributed by atoms with van der Waals surface area (Å²) >= 11 is 1.36. The van der Waals surface area contributed by atoms with Crippen molar-refractivity contribution in [3.8, 4) is 11.3 Å². The molecule has 8 nitrogen and oxygen atoms in total. The Kier molecular flexibility index (Phi) is 6.13. The minimum atomic E-state index is -3.84. The van der Waals surface area contributed by atoms with Gasteiger partial charge in [0, 0.05) is 25.7 Å². The predicted octanol–water partition coefficient (Wildman–Crippen LogP) is 4.83. The van der Waals surface area contributed by atoms with Gasteiger partial charge in [0.2, 0.25) is 11.9 Å². The van der Waals surface area contributed by atoms with Crippen molar-refractivity contribution in [3.05, 3.63) is 60.3 Å². The molecule has 2 heterocycles. The lowest BCUT2D eigenvalue weighted by Gasteiger charge is -2.21. The van der Waals surface area contributed by atoms with E-state index in [9.17, 15) is 13.2 Å². The van der Waals surface area contributed by atoms with Crippen LogP contribution < -0.4 is 9.62 Å². The van der Waals surface area contributed by atoms with Crippen LogP contribution in [-0.2, 0) is 20.2 Å². The van der Waals surface area contributed by atoms with Crippen LogP contribution in [0.15, 0.2) is 59.6 Å². The summed E-state index contributed by atoms with van der Waals surface area (Å²) in [5, 5.41) is 3.21. The van der Waals surface area contributed by atoms with Gasteiger partial charge in [0.1, 0.15) is 0 Å². The van der Waals surface area contributed by atoms with Crippen molar-refractivity contribution >= 4 is 48.6 Å². The number of benzene rings is 2. The fourth-order valence-electron chi connectivity index (χ4n) is 3.34. The van der Waals surface area contributed by atoms with Gasteiger partial charge < -0.3 is 5.32 Å². The van der Waals surface area contributed by atoms with E-state index in [1.807, 2.05) is 30.3 Å². The fourth-order valence-corrected chi connectivity index (χ4v) is 5.39. The first-order valence-corrected chi connectivity index (χ1v) is 12.8. The van der Waals surface area contributed by atoms with E-state index in [4.69, 9.17) is 0 Å². The number of nitrogens with one attached hydrogen (secondary N) is 1. The van der Waals surface area contributed by atoms with Crippen LogP contribution in [0.2, 0.25) is 0 Å². The summed E-state index contributed by atoms with van der Waals surface area (Å²) < 4.78 is 28.4. The lowest BCUT2D eigenvalue weighted by atomic mass is 9.87. The lowest BCUT2D eigenvalue weighted by Crippen LogP contribution is -2.28. The number of thiazole rings is 1. The first kappa shape index (κ1) is 23.8. The molecule has 0 bridgehead atoms. The van der Waals surface area contributed by atoms with Crippen molar-refractivity contribution in [3.63, 3.8) is 0 Å². The molecule has 2 aromatic carbocycles. The van der Waals surface area contributed by atoms with Crippen LogP contribution in [0.4, 0.5) is 11.1 Å². The molecule has 0 unspecified atom stereocenters. The van der Waals surface area contributed by atoms with Gasteiger partial charge in [-0.15, -0.1) is 0 Å². The van der Waals surface area contributed by atoms with Gasteiger partial charge in [0.15, 0.2) is 5.13 Å². The number of sulfonamides is 1. The van der Waals surface area contributed by atoms with Crippen LogP contribution in [0.5, 0.6) is 0 Å². The van der Waals surface area contributed by atoms with Crippen molar-refractivity contribution in [1.29, 1.82) is 0 Å². The van der Waals surface area contributed by atoms with Crippen molar-refractivity contribution < 1.29 is 13.2 Å². The highest BCUT2D eigenvalue weighted by atomic mass is 32.2. The number of nitrogens with zero attached hydrogens (tertiary/aromatic N) is 4. The number of aromatic nitrogens is 3. The second kappa shape index (κ2) is 8.77. The maximum Gasteiger partial charge on any atom is 0.266 e. The van der Waals surface area contributed by atoms with E-state index in [0.717, 1.165) is 25.6 Å². The van der Waals surface area contributed by atoms with Crippen molar-refractivity contribution in [2.24, 2.45) is 0 Å². The third-order valence-corrected chi connectivity index (χ3v) is 7.96. The van der Waals surface area contributed by atoms with Gasteiger partial charge >= 0.3 is 0 Å². The zero-order chi connectivity index (χ0) is 24.7. The first-order valence-electron chi connectivity index (χ1n) is 10.6. The van der Waals surface area contributed by atoms with Gasteiger partial charge in [-0.05, 0) is 41.3 Å². The summed E-state index contributed by atoms with van der Waals surface area (Å²) in [6, 6.07) is 14.2. The molecule has 4 rings (SSSR count). The SMILES string of the molecule is CC(=O)Nc1nc2ccc(-c3ccnc(N(C)S(=O)(=O)c4ccc(C(C)(C)C)cc4)n3)cc2s1. The number of hydrogen-bond donors (Lipinski definition) is 1. The Morgan fingerprint density at radius 1 is 1.03 bits per heavy atom. The van der Waals surface area contributed by atoms with Gasteiger partial charge in [-0.25, -0.2) is 27.7 Å². The van der Waals surface area contributed by atoms with Gasteiger partial charge in [-0.3, -0.25) is 4.79 Å². The molecule has 0 aliphatic heterocycles. The number of anilines is 2. The number of rotatable bonds is 5. The van der Waals surface area contributed by atoms with Crippen molar-refractivity contribution in [1.82, 2.24) is 15.0 Å². The molecule has 1 N–H and O–H groups in total. The maximum absolute atomic E-state index is 13.2. The molecule has 4 aromatic rings. The Morgan fingerprint density at radius 3 is 2.38 bits per heavy atom. The largest absolute Gasteiger partial charge is 0.302 e. The van der Waals surface area contributed by atoms with Crippen LogP contribution >= 0.6 is 11.3 Å². The second-order valence-corrected chi connectivity index (χ2v) is 11.9. The second-order valence-electron chi connectivity index (χ2n) is 8.87. The molecule has 0 saturated carbocycles. The van der Waals surface area contributed by atoms with E-state index in [2.05, 4.69) is 41.0 Å². The van der Waals surface area contributed by atoms with E-state index < -0.39 is 10.0 Å². The van der Waals surface area contributed by atoms with Gasteiger partial charge in [-0.1, -0.05) is 50.3 Å². The Labute approximate surface area is 202 Å². The maximum atomic E-state index is 13.2. The van der Waals surface area contributed by atoms with Crippen LogP contribution in [0.3, 0.4) is 0 Å². The number of hydrogen-bond acceptors (Lipinski definition) is 7. The van der Waals surface area contributed by atoms with E-state index in [0.29, 0.717) is 10.8 Å². The molecule has 0 atom stereocenters. The highest BCUT2D eigenvalue weighted by Gasteiger charge is 2.24. The number of carbonyl (C=O) groups is 1. The molecule has 10 heteroatoms. The topological polar surface area (TPSA) is 105 Å². The van der Waals surface area contributed by atoms with Gasteiger partial charge in [-0.2, -0.15) is 0 Å². The molecule has 0 fully saturated rings. The summed E-state index contributed by atoms with van der Waals surface area (Å²) in [6.45, 7) is 7.66. The Hall–Kier alpha value is -3.37. The number of carbonyl (C=O) groups excluding carboxylic acids is 1. The highest BCUT2D eigenvalue weighted by molar-refractivity contribution is 7.92. The van der Waals surface area contributed by atoms with E-state index in [-0.39, 0.29) is 22.2 Å². The third-order valence-electron chi connectivity index (χ3n) is 5.27. The summed E-state index contributed by atoms with van der Waals surface area (Å²) in [5.41, 5.74) is 3.09. The van der Waals surface area contributed by atoms with Crippen molar-refractivity contribution in [2.45, 2.75) is 38.0 Å². The van der Waals surface area contributed by atoms with Crippen LogP contribution in [0.25, 0.3) is 21.5 Å². The van der Waals surface area contributed by atoms with Crippen molar-refractivity contribution in [2.75, 3.05) is 16.7 Å². The van der Waals surface area contributed by atoms with Crippen LogP contribution in [-0.4, -0.2) is 36.3 Å². The fraction of sp³-hybridized carbons (Fsp3) is 0.250. The monoisotopic (exact) mass is 495 g/mol. The van der Waals surface area contributed by atoms with E-state index in [1.165, 1.54) is 31.5 Å².